The van der Waals surface area contributed by atoms with E-state index >= 15 is 0 Å². The zero-order valence-corrected chi connectivity index (χ0v) is 13.0. The second-order valence-corrected chi connectivity index (χ2v) is 5.61. The van der Waals surface area contributed by atoms with Gasteiger partial charge in [-0.1, -0.05) is 34.1 Å². The van der Waals surface area contributed by atoms with E-state index in [1.54, 1.807) is 0 Å². The van der Waals surface area contributed by atoms with Crippen molar-refractivity contribution >= 4 is 37.8 Å². The zero-order valence-electron chi connectivity index (χ0n) is 9.79. The summed E-state index contributed by atoms with van der Waals surface area (Å²) in [6.07, 6.45) is 0. The second kappa shape index (κ2) is 6.30. The highest BCUT2D eigenvalue weighted by atomic mass is 79.9. The predicted octanol–water partition coefficient (Wildman–Crippen LogP) is 4.28. The quantitative estimate of drug-likeness (QED) is 0.837. The topological polar surface area (TPSA) is 29.1 Å². The number of halogens is 3. The van der Waals surface area contributed by atoms with Crippen LogP contribution in [-0.4, -0.2) is 5.91 Å². The molecule has 0 saturated carbocycles. The van der Waals surface area contributed by atoms with Crippen LogP contribution in [-0.2, 0) is 6.54 Å². The number of rotatable bonds is 3. The molecule has 19 heavy (non-hydrogen) atoms. The van der Waals surface area contributed by atoms with Crippen LogP contribution in [0.5, 0.6) is 0 Å². The minimum absolute atomic E-state index is 0.248. The van der Waals surface area contributed by atoms with Crippen molar-refractivity contribution in [2.75, 3.05) is 0 Å². The molecule has 0 aliphatic rings. The van der Waals surface area contributed by atoms with Crippen molar-refractivity contribution < 1.29 is 9.18 Å². The third-order valence-electron chi connectivity index (χ3n) is 2.57. The predicted molar refractivity (Wildman–Crippen MR) is 79.4 cm³/mol. The molecule has 0 aliphatic heterocycles. The van der Waals surface area contributed by atoms with Crippen LogP contribution in [0.3, 0.4) is 0 Å². The first kappa shape index (κ1) is 14.2. The normalized spacial score (nSPS) is 10.3. The highest BCUT2D eigenvalue weighted by molar-refractivity contribution is 9.10. The maximum absolute atomic E-state index is 12.9. The third kappa shape index (κ3) is 3.64. The number of hydrogen-bond donors (Lipinski definition) is 1. The molecular formula is C14H10Br2FNO. The van der Waals surface area contributed by atoms with E-state index in [1.807, 2.05) is 24.3 Å². The molecule has 98 valence electrons. The summed E-state index contributed by atoms with van der Waals surface area (Å²) in [6.45, 7) is 0.407. The monoisotopic (exact) mass is 385 g/mol. The standard InChI is InChI=1S/C14H10Br2FNO/c15-12-4-2-1-3-9(12)8-18-14(19)11-6-5-10(17)7-13(11)16/h1-7H,8H2,(H,18,19). The fourth-order valence-electron chi connectivity index (χ4n) is 1.59. The van der Waals surface area contributed by atoms with Gasteiger partial charge in [-0.3, -0.25) is 4.79 Å². The second-order valence-electron chi connectivity index (χ2n) is 3.90. The number of nitrogens with one attached hydrogen (secondary N) is 1. The van der Waals surface area contributed by atoms with E-state index in [9.17, 15) is 9.18 Å². The molecule has 0 atom stereocenters. The molecule has 0 aromatic heterocycles. The Morgan fingerprint density at radius 1 is 1.11 bits per heavy atom. The smallest absolute Gasteiger partial charge is 0.252 e. The van der Waals surface area contributed by atoms with Crippen molar-refractivity contribution in [2.45, 2.75) is 6.54 Å². The van der Waals surface area contributed by atoms with Crippen LogP contribution >= 0.6 is 31.9 Å². The molecule has 2 nitrogen and oxygen atoms in total. The average Bonchev–Trinajstić information content (AvgIpc) is 2.37. The summed E-state index contributed by atoms with van der Waals surface area (Å²) >= 11 is 6.59. The van der Waals surface area contributed by atoms with Gasteiger partial charge < -0.3 is 5.32 Å². The Bertz CT molecular complexity index is 616. The third-order valence-corrected chi connectivity index (χ3v) is 4.00. The lowest BCUT2D eigenvalue weighted by atomic mass is 10.2. The van der Waals surface area contributed by atoms with Gasteiger partial charge in [0.1, 0.15) is 5.82 Å². The van der Waals surface area contributed by atoms with Gasteiger partial charge in [-0.2, -0.15) is 0 Å². The first-order valence-corrected chi connectivity index (χ1v) is 7.13. The van der Waals surface area contributed by atoms with Gasteiger partial charge in [-0.05, 0) is 45.8 Å². The van der Waals surface area contributed by atoms with E-state index in [2.05, 4.69) is 37.2 Å². The van der Waals surface area contributed by atoms with Gasteiger partial charge in [0.25, 0.3) is 5.91 Å². The van der Waals surface area contributed by atoms with Crippen molar-refractivity contribution in [3.05, 3.63) is 68.4 Å². The summed E-state index contributed by atoms with van der Waals surface area (Å²) in [7, 11) is 0. The average molecular weight is 387 g/mol. The van der Waals surface area contributed by atoms with Crippen molar-refractivity contribution in [1.29, 1.82) is 0 Å². The molecule has 0 spiro atoms. The summed E-state index contributed by atoms with van der Waals surface area (Å²) < 4.78 is 14.3. The van der Waals surface area contributed by atoms with Crippen molar-refractivity contribution in [2.24, 2.45) is 0 Å². The molecule has 0 fully saturated rings. The molecule has 0 unspecified atom stereocenters. The molecule has 0 radical (unpaired) electrons. The van der Waals surface area contributed by atoms with E-state index in [0.29, 0.717) is 16.6 Å². The minimum atomic E-state index is -0.380. The van der Waals surface area contributed by atoms with Gasteiger partial charge in [0.15, 0.2) is 0 Å². The lowest BCUT2D eigenvalue weighted by Crippen LogP contribution is -2.23. The highest BCUT2D eigenvalue weighted by Crippen LogP contribution is 2.19. The summed E-state index contributed by atoms with van der Waals surface area (Å²) in [5, 5.41) is 2.79. The van der Waals surface area contributed by atoms with Crippen molar-refractivity contribution in [3.63, 3.8) is 0 Å². The Labute approximate surface area is 127 Å². The fraction of sp³-hybridized carbons (Fsp3) is 0.0714. The van der Waals surface area contributed by atoms with Gasteiger partial charge in [0.05, 0.1) is 5.56 Å². The van der Waals surface area contributed by atoms with Gasteiger partial charge >= 0.3 is 0 Å². The first-order valence-electron chi connectivity index (χ1n) is 5.54. The largest absolute Gasteiger partial charge is 0.348 e. The van der Waals surface area contributed by atoms with Crippen LogP contribution in [0.1, 0.15) is 15.9 Å². The molecule has 0 bridgehead atoms. The van der Waals surface area contributed by atoms with E-state index in [4.69, 9.17) is 0 Å². The maximum atomic E-state index is 12.9. The molecule has 0 saturated heterocycles. The van der Waals surface area contributed by atoms with Gasteiger partial charge in [-0.15, -0.1) is 0 Å². The first-order chi connectivity index (χ1) is 9.08. The number of benzene rings is 2. The van der Waals surface area contributed by atoms with E-state index < -0.39 is 0 Å². The lowest BCUT2D eigenvalue weighted by molar-refractivity contribution is 0.0950. The molecule has 5 heteroatoms. The van der Waals surface area contributed by atoms with Crippen molar-refractivity contribution in [3.8, 4) is 0 Å². The Balaban J connectivity index is 2.08. The number of carbonyl (C=O) groups is 1. The van der Waals surface area contributed by atoms with Crippen LogP contribution < -0.4 is 5.32 Å². The number of hydrogen-bond acceptors (Lipinski definition) is 1. The van der Waals surface area contributed by atoms with Crippen LogP contribution in [0.15, 0.2) is 51.4 Å². The van der Waals surface area contributed by atoms with Gasteiger partial charge in [-0.25, -0.2) is 4.39 Å². The summed E-state index contributed by atoms with van der Waals surface area (Å²) in [5.41, 5.74) is 1.39. The Morgan fingerprint density at radius 3 is 2.53 bits per heavy atom. The van der Waals surface area contributed by atoms with Crippen LogP contribution in [0, 0.1) is 5.82 Å². The van der Waals surface area contributed by atoms with E-state index in [0.717, 1.165) is 10.0 Å². The molecule has 2 aromatic rings. The maximum Gasteiger partial charge on any atom is 0.252 e. The van der Waals surface area contributed by atoms with Crippen molar-refractivity contribution in [1.82, 2.24) is 5.32 Å². The van der Waals surface area contributed by atoms with Crippen LogP contribution in [0.4, 0.5) is 4.39 Å². The minimum Gasteiger partial charge on any atom is -0.348 e. The summed E-state index contributed by atoms with van der Waals surface area (Å²) in [5.74, 6) is -0.628. The molecule has 2 aromatic carbocycles. The molecule has 0 heterocycles. The SMILES string of the molecule is O=C(NCc1ccccc1Br)c1ccc(F)cc1Br. The fourth-order valence-corrected chi connectivity index (χ4v) is 2.54. The van der Waals surface area contributed by atoms with E-state index in [1.165, 1.54) is 18.2 Å². The lowest BCUT2D eigenvalue weighted by Gasteiger charge is -2.08. The Morgan fingerprint density at radius 2 is 1.84 bits per heavy atom. The Hall–Kier alpha value is -1.20. The van der Waals surface area contributed by atoms with Crippen LogP contribution in [0.2, 0.25) is 0 Å². The Kier molecular flexibility index (Phi) is 4.71. The number of carbonyl (C=O) groups excluding carboxylic acids is 1. The number of amides is 1. The molecule has 1 N–H and O–H groups in total. The van der Waals surface area contributed by atoms with Gasteiger partial charge in [0.2, 0.25) is 0 Å². The molecule has 0 aliphatic carbocycles. The summed E-state index contributed by atoms with van der Waals surface area (Å²) in [6, 6.07) is 11.6. The highest BCUT2D eigenvalue weighted by Gasteiger charge is 2.10. The summed E-state index contributed by atoms with van der Waals surface area (Å²) in [4.78, 5) is 12.0. The molecule has 1 amide bonds. The zero-order chi connectivity index (χ0) is 13.8. The van der Waals surface area contributed by atoms with Gasteiger partial charge in [0, 0.05) is 15.5 Å². The van der Waals surface area contributed by atoms with Crippen LogP contribution in [0.25, 0.3) is 0 Å². The van der Waals surface area contributed by atoms with E-state index in [-0.39, 0.29) is 11.7 Å². The molecule has 2 rings (SSSR count). The molecular weight excluding hydrogens is 377 g/mol.